The summed E-state index contributed by atoms with van der Waals surface area (Å²) in [4.78, 5) is 3.02. The fourth-order valence-corrected chi connectivity index (χ4v) is 2.65. The smallest absolute Gasteiger partial charge is 0.182 e. The Kier molecular flexibility index (Phi) is 3.73. The molecule has 0 aliphatic rings. The van der Waals surface area contributed by atoms with E-state index in [1.807, 2.05) is 17.7 Å². The van der Waals surface area contributed by atoms with E-state index < -0.39 is 0 Å². The van der Waals surface area contributed by atoms with E-state index in [1.165, 1.54) is 6.07 Å². The fourth-order valence-electron chi connectivity index (χ4n) is 1.93. The Bertz CT molecular complexity index is 643. The summed E-state index contributed by atoms with van der Waals surface area (Å²) in [6.45, 7) is 6.11. The van der Waals surface area contributed by atoms with Gasteiger partial charge in [-0.3, -0.25) is 4.57 Å². The number of benzene rings is 1. The molecule has 0 bridgehead atoms. The molecule has 5 heteroatoms. The molecule has 1 N–H and O–H groups in total. The van der Waals surface area contributed by atoms with Gasteiger partial charge in [0.25, 0.3) is 0 Å². The summed E-state index contributed by atoms with van der Waals surface area (Å²) in [5.41, 5.74) is 2.80. The molecule has 0 saturated heterocycles. The summed E-state index contributed by atoms with van der Waals surface area (Å²) >= 11 is 8.47. The van der Waals surface area contributed by atoms with Gasteiger partial charge in [-0.2, -0.15) is 0 Å². The Morgan fingerprint density at radius 1 is 1.39 bits per heavy atom. The molecule has 2 rings (SSSR count). The Labute approximate surface area is 119 Å². The van der Waals surface area contributed by atoms with Crippen molar-refractivity contribution in [1.29, 1.82) is 0 Å². The third kappa shape index (κ3) is 2.29. The van der Waals surface area contributed by atoms with Crippen LogP contribution in [0, 0.1) is 17.5 Å². The van der Waals surface area contributed by atoms with E-state index in [9.17, 15) is 4.39 Å². The molecule has 0 atom stereocenters. The first-order valence-corrected chi connectivity index (χ1v) is 6.88. The molecule has 2 aromatic rings. The first-order valence-electron chi connectivity index (χ1n) is 5.68. The molecule has 1 aromatic carbocycles. The number of aromatic amines is 1. The molecule has 0 aliphatic carbocycles. The van der Waals surface area contributed by atoms with E-state index in [4.69, 9.17) is 12.2 Å². The molecule has 2 nitrogen and oxygen atoms in total. The van der Waals surface area contributed by atoms with E-state index in [1.54, 1.807) is 6.07 Å². The topological polar surface area (TPSA) is 20.7 Å². The lowest BCUT2D eigenvalue weighted by atomic mass is 10.1. The second kappa shape index (κ2) is 4.97. The van der Waals surface area contributed by atoms with Gasteiger partial charge in [-0.25, -0.2) is 4.39 Å². The molecule has 96 valence electrons. The molecule has 0 unspecified atom stereocenters. The number of imidazole rings is 1. The van der Waals surface area contributed by atoms with Crippen LogP contribution in [0.25, 0.3) is 5.69 Å². The fraction of sp³-hybridized carbons (Fsp3) is 0.308. The van der Waals surface area contributed by atoms with Crippen LogP contribution in [0.5, 0.6) is 0 Å². The van der Waals surface area contributed by atoms with E-state index in [-0.39, 0.29) is 5.82 Å². The molecule has 0 saturated carbocycles. The maximum absolute atomic E-state index is 13.7. The summed E-state index contributed by atoms with van der Waals surface area (Å²) in [7, 11) is 0. The van der Waals surface area contributed by atoms with E-state index in [0.717, 1.165) is 16.9 Å². The van der Waals surface area contributed by atoms with Gasteiger partial charge in [-0.05, 0) is 58.7 Å². The van der Waals surface area contributed by atoms with Crippen molar-refractivity contribution in [3.8, 4) is 5.69 Å². The van der Waals surface area contributed by atoms with Gasteiger partial charge in [0.2, 0.25) is 0 Å². The van der Waals surface area contributed by atoms with Gasteiger partial charge in [0.15, 0.2) is 4.77 Å². The van der Waals surface area contributed by atoms with Crippen molar-refractivity contribution in [2.75, 3.05) is 0 Å². The molecule has 0 spiro atoms. The molecular weight excluding hydrogens is 315 g/mol. The molecule has 1 heterocycles. The number of nitrogens with one attached hydrogen (secondary N) is 1. The summed E-state index contributed by atoms with van der Waals surface area (Å²) < 4.78 is 16.7. The van der Waals surface area contributed by atoms with Gasteiger partial charge in [0.05, 0.1) is 10.2 Å². The number of halogens is 2. The second-order valence-electron chi connectivity index (χ2n) is 4.56. The lowest BCUT2D eigenvalue weighted by Crippen LogP contribution is -2.04. The highest BCUT2D eigenvalue weighted by atomic mass is 79.9. The van der Waals surface area contributed by atoms with Crippen molar-refractivity contribution in [3.05, 3.63) is 44.6 Å². The molecule has 1 aromatic heterocycles. The van der Waals surface area contributed by atoms with Crippen molar-refractivity contribution in [2.24, 2.45) is 0 Å². The highest BCUT2D eigenvalue weighted by molar-refractivity contribution is 9.10. The predicted molar refractivity (Wildman–Crippen MR) is 77.4 cm³/mol. The maximum Gasteiger partial charge on any atom is 0.182 e. The minimum absolute atomic E-state index is 0.284. The normalized spacial score (nSPS) is 11.2. The molecule has 0 radical (unpaired) electrons. The lowest BCUT2D eigenvalue weighted by Gasteiger charge is -2.14. The summed E-state index contributed by atoms with van der Waals surface area (Å²) in [5, 5.41) is 0. The van der Waals surface area contributed by atoms with Crippen LogP contribution in [0.3, 0.4) is 0 Å². The average molecular weight is 329 g/mol. The number of hydrogen-bond donors (Lipinski definition) is 1. The zero-order valence-electron chi connectivity index (χ0n) is 10.4. The minimum Gasteiger partial charge on any atom is -0.337 e. The lowest BCUT2D eigenvalue weighted by molar-refractivity contribution is 0.618. The highest BCUT2D eigenvalue weighted by Gasteiger charge is 2.13. The van der Waals surface area contributed by atoms with Gasteiger partial charge < -0.3 is 4.98 Å². The van der Waals surface area contributed by atoms with Crippen LogP contribution in [0.15, 0.2) is 22.8 Å². The van der Waals surface area contributed by atoms with Crippen LogP contribution in [-0.2, 0) is 0 Å². The first kappa shape index (κ1) is 13.5. The van der Waals surface area contributed by atoms with Crippen molar-refractivity contribution >= 4 is 28.1 Å². The third-order valence-electron chi connectivity index (χ3n) is 2.88. The Morgan fingerprint density at radius 2 is 2.06 bits per heavy atom. The van der Waals surface area contributed by atoms with Crippen molar-refractivity contribution in [2.45, 2.75) is 26.7 Å². The standard InChI is InChI=1S/C13H14BrFN2S/c1-7(2)12-6-16-13(18)17(12)11-5-10(15)9(14)4-8(11)3/h4-7H,1-3H3,(H,16,18). The van der Waals surface area contributed by atoms with Crippen LogP contribution < -0.4 is 0 Å². The quantitative estimate of drug-likeness (QED) is 0.780. The Hall–Kier alpha value is -0.940. The van der Waals surface area contributed by atoms with E-state index in [2.05, 4.69) is 34.8 Å². The Morgan fingerprint density at radius 3 is 2.67 bits per heavy atom. The maximum atomic E-state index is 13.7. The van der Waals surface area contributed by atoms with Crippen LogP contribution in [0.4, 0.5) is 4.39 Å². The van der Waals surface area contributed by atoms with Gasteiger partial charge >= 0.3 is 0 Å². The van der Waals surface area contributed by atoms with Gasteiger partial charge in [0.1, 0.15) is 5.82 Å². The summed E-state index contributed by atoms with van der Waals surface area (Å²) in [6.07, 6.45) is 1.88. The molecule has 0 amide bonds. The van der Waals surface area contributed by atoms with Crippen LogP contribution in [-0.4, -0.2) is 9.55 Å². The highest BCUT2D eigenvalue weighted by Crippen LogP contribution is 2.26. The average Bonchev–Trinajstić information content (AvgIpc) is 2.66. The first-order chi connectivity index (χ1) is 8.41. The molecular formula is C13H14BrFN2S. The van der Waals surface area contributed by atoms with Gasteiger partial charge in [0, 0.05) is 11.9 Å². The van der Waals surface area contributed by atoms with E-state index >= 15 is 0 Å². The van der Waals surface area contributed by atoms with Gasteiger partial charge in [-0.1, -0.05) is 13.8 Å². The third-order valence-corrected chi connectivity index (χ3v) is 3.78. The number of aryl methyl sites for hydroxylation is 1. The molecule has 0 fully saturated rings. The number of H-pyrrole nitrogens is 1. The van der Waals surface area contributed by atoms with Crippen LogP contribution in [0.1, 0.15) is 31.0 Å². The zero-order chi connectivity index (χ0) is 13.4. The van der Waals surface area contributed by atoms with Crippen molar-refractivity contribution in [1.82, 2.24) is 9.55 Å². The van der Waals surface area contributed by atoms with Gasteiger partial charge in [-0.15, -0.1) is 0 Å². The summed E-state index contributed by atoms with van der Waals surface area (Å²) in [6, 6.07) is 3.28. The zero-order valence-corrected chi connectivity index (χ0v) is 12.8. The number of aromatic nitrogens is 2. The molecule has 18 heavy (non-hydrogen) atoms. The van der Waals surface area contributed by atoms with Crippen molar-refractivity contribution < 1.29 is 4.39 Å². The predicted octanol–water partition coefficient (Wildman–Crippen LogP) is 4.87. The summed E-state index contributed by atoms with van der Waals surface area (Å²) in [5.74, 6) is 0.0254. The number of hydrogen-bond acceptors (Lipinski definition) is 1. The minimum atomic E-state index is -0.284. The van der Waals surface area contributed by atoms with Crippen LogP contribution in [0.2, 0.25) is 0 Å². The second-order valence-corrected chi connectivity index (χ2v) is 5.80. The van der Waals surface area contributed by atoms with Crippen molar-refractivity contribution in [3.63, 3.8) is 0 Å². The Balaban J connectivity index is 2.73. The van der Waals surface area contributed by atoms with E-state index in [0.29, 0.717) is 15.2 Å². The van der Waals surface area contributed by atoms with Crippen LogP contribution >= 0.6 is 28.1 Å². The largest absolute Gasteiger partial charge is 0.337 e. The number of nitrogens with zero attached hydrogens (tertiary/aromatic N) is 1. The number of rotatable bonds is 2. The monoisotopic (exact) mass is 328 g/mol. The SMILES string of the molecule is Cc1cc(Br)c(F)cc1-n1c(C(C)C)c[nH]c1=S. The molecule has 0 aliphatic heterocycles.